The van der Waals surface area contributed by atoms with Crippen LogP contribution in [0.1, 0.15) is 37.7 Å². The Balaban J connectivity index is 0.00000242. The van der Waals surface area contributed by atoms with Crippen LogP contribution in [0, 0.1) is 0 Å². The summed E-state index contributed by atoms with van der Waals surface area (Å²) in [5.74, 6) is 0.979. The van der Waals surface area contributed by atoms with Gasteiger partial charge < -0.3 is 15.4 Å². The van der Waals surface area contributed by atoms with Gasteiger partial charge in [-0.2, -0.15) is 0 Å². The minimum atomic E-state index is -0.602. The highest BCUT2D eigenvalue weighted by Gasteiger charge is 2.38. The third kappa shape index (κ3) is 4.62. The SMILES string of the molecule is COc1ccc(CCCN(C)C(=O)C2(N)CCCC2)cc1.Cl. The van der Waals surface area contributed by atoms with Crippen LogP contribution in [-0.2, 0) is 11.2 Å². The monoisotopic (exact) mass is 326 g/mol. The number of nitrogens with two attached hydrogens (primary N) is 1. The first kappa shape index (κ1) is 18.8. The number of nitrogens with zero attached hydrogens (tertiary/aromatic N) is 1. The zero-order valence-corrected chi connectivity index (χ0v) is 14.3. The molecule has 0 saturated heterocycles. The van der Waals surface area contributed by atoms with Gasteiger partial charge in [-0.05, 0) is 43.4 Å². The number of aryl methyl sites for hydroxylation is 1. The van der Waals surface area contributed by atoms with E-state index in [4.69, 9.17) is 10.5 Å². The van der Waals surface area contributed by atoms with Gasteiger partial charge in [0.05, 0.1) is 12.6 Å². The van der Waals surface area contributed by atoms with Crippen molar-refractivity contribution in [2.45, 2.75) is 44.1 Å². The minimum absolute atomic E-state index is 0. The van der Waals surface area contributed by atoms with Crippen LogP contribution < -0.4 is 10.5 Å². The summed E-state index contributed by atoms with van der Waals surface area (Å²) in [5, 5.41) is 0. The smallest absolute Gasteiger partial charge is 0.242 e. The molecule has 4 nitrogen and oxygen atoms in total. The molecule has 0 unspecified atom stereocenters. The number of halogens is 1. The van der Waals surface area contributed by atoms with E-state index in [-0.39, 0.29) is 18.3 Å². The van der Waals surface area contributed by atoms with Gasteiger partial charge in [0, 0.05) is 13.6 Å². The summed E-state index contributed by atoms with van der Waals surface area (Å²) in [5.41, 5.74) is 6.87. The maximum Gasteiger partial charge on any atom is 0.242 e. The predicted molar refractivity (Wildman–Crippen MR) is 91.6 cm³/mol. The molecule has 0 bridgehead atoms. The highest BCUT2D eigenvalue weighted by atomic mass is 35.5. The van der Waals surface area contributed by atoms with Crippen molar-refractivity contribution in [2.24, 2.45) is 5.73 Å². The van der Waals surface area contributed by atoms with Crippen molar-refractivity contribution >= 4 is 18.3 Å². The number of carbonyl (C=O) groups excluding carboxylic acids is 1. The molecule has 0 aromatic heterocycles. The van der Waals surface area contributed by atoms with Crippen molar-refractivity contribution in [2.75, 3.05) is 20.7 Å². The summed E-state index contributed by atoms with van der Waals surface area (Å²) in [4.78, 5) is 14.2. The zero-order chi connectivity index (χ0) is 15.3. The second-order valence-corrected chi connectivity index (χ2v) is 6.04. The molecule has 1 saturated carbocycles. The van der Waals surface area contributed by atoms with Crippen LogP contribution >= 0.6 is 12.4 Å². The van der Waals surface area contributed by atoms with E-state index in [2.05, 4.69) is 12.1 Å². The van der Waals surface area contributed by atoms with E-state index in [1.165, 1.54) is 5.56 Å². The molecule has 1 aromatic carbocycles. The second kappa shape index (κ2) is 8.39. The van der Waals surface area contributed by atoms with Gasteiger partial charge in [-0.15, -0.1) is 12.4 Å². The van der Waals surface area contributed by atoms with Crippen molar-refractivity contribution in [3.05, 3.63) is 29.8 Å². The number of rotatable bonds is 6. The largest absolute Gasteiger partial charge is 0.497 e. The number of hydrogen-bond donors (Lipinski definition) is 1. The number of methoxy groups -OCH3 is 1. The van der Waals surface area contributed by atoms with Crippen LogP contribution in [0.15, 0.2) is 24.3 Å². The summed E-state index contributed by atoms with van der Waals surface area (Å²) in [7, 11) is 3.53. The highest BCUT2D eigenvalue weighted by molar-refractivity contribution is 5.86. The average Bonchev–Trinajstić information content (AvgIpc) is 2.95. The molecule has 0 radical (unpaired) electrons. The molecule has 1 aliphatic carbocycles. The standard InChI is InChI=1S/C17H26N2O2.ClH/c1-19(16(20)17(18)11-3-4-12-17)13-5-6-14-7-9-15(21-2)10-8-14;/h7-10H,3-6,11-13,18H2,1-2H3;1H. The average molecular weight is 327 g/mol. The number of hydrogen-bond acceptors (Lipinski definition) is 3. The van der Waals surface area contributed by atoms with E-state index in [0.29, 0.717) is 0 Å². The molecule has 0 heterocycles. The molecular weight excluding hydrogens is 300 g/mol. The lowest BCUT2D eigenvalue weighted by Gasteiger charge is -2.28. The number of carbonyl (C=O) groups is 1. The molecule has 124 valence electrons. The molecule has 1 fully saturated rings. The lowest BCUT2D eigenvalue weighted by Crippen LogP contribution is -2.52. The van der Waals surface area contributed by atoms with Crippen molar-refractivity contribution in [3.8, 4) is 5.75 Å². The van der Waals surface area contributed by atoms with Gasteiger partial charge >= 0.3 is 0 Å². The highest BCUT2D eigenvalue weighted by Crippen LogP contribution is 2.28. The van der Waals surface area contributed by atoms with E-state index in [9.17, 15) is 4.79 Å². The summed E-state index contributed by atoms with van der Waals surface area (Å²) in [6.45, 7) is 0.754. The van der Waals surface area contributed by atoms with E-state index in [1.807, 2.05) is 19.2 Å². The van der Waals surface area contributed by atoms with Crippen LogP contribution in [0.2, 0.25) is 0 Å². The maximum absolute atomic E-state index is 12.4. The van der Waals surface area contributed by atoms with Crippen molar-refractivity contribution in [3.63, 3.8) is 0 Å². The molecule has 5 heteroatoms. The van der Waals surface area contributed by atoms with Gasteiger partial charge in [0.2, 0.25) is 5.91 Å². The first-order valence-electron chi connectivity index (χ1n) is 7.72. The summed E-state index contributed by atoms with van der Waals surface area (Å²) < 4.78 is 5.14. The van der Waals surface area contributed by atoms with Crippen LogP contribution in [0.5, 0.6) is 5.75 Å². The first-order chi connectivity index (χ1) is 10.0. The van der Waals surface area contributed by atoms with Gasteiger partial charge in [-0.1, -0.05) is 25.0 Å². The Morgan fingerprint density at radius 1 is 1.27 bits per heavy atom. The molecule has 0 spiro atoms. The lowest BCUT2D eigenvalue weighted by molar-refractivity contribution is -0.135. The van der Waals surface area contributed by atoms with Crippen LogP contribution in [-0.4, -0.2) is 37.0 Å². The number of likely N-dealkylation sites (N-methyl/N-ethyl adjacent to an activating group) is 1. The quantitative estimate of drug-likeness (QED) is 0.874. The Hall–Kier alpha value is -1.26. The van der Waals surface area contributed by atoms with E-state index in [0.717, 1.165) is 50.8 Å². The lowest BCUT2D eigenvalue weighted by atomic mass is 9.97. The van der Waals surface area contributed by atoms with Crippen LogP contribution in [0.3, 0.4) is 0 Å². The van der Waals surface area contributed by atoms with E-state index < -0.39 is 5.54 Å². The fraction of sp³-hybridized carbons (Fsp3) is 0.588. The molecule has 0 aliphatic heterocycles. The molecule has 1 aromatic rings. The molecular formula is C17H27ClN2O2. The molecule has 2 N–H and O–H groups in total. The van der Waals surface area contributed by atoms with Gasteiger partial charge in [-0.3, -0.25) is 4.79 Å². The Bertz CT molecular complexity index is 470. The van der Waals surface area contributed by atoms with Crippen molar-refractivity contribution in [1.82, 2.24) is 4.90 Å². The van der Waals surface area contributed by atoms with Crippen LogP contribution in [0.4, 0.5) is 0 Å². The predicted octanol–water partition coefficient (Wildman–Crippen LogP) is 2.78. The fourth-order valence-corrected chi connectivity index (χ4v) is 3.01. The summed E-state index contributed by atoms with van der Waals surface area (Å²) in [6, 6.07) is 8.08. The van der Waals surface area contributed by atoms with Gasteiger partial charge in [0.1, 0.15) is 5.75 Å². The minimum Gasteiger partial charge on any atom is -0.497 e. The van der Waals surface area contributed by atoms with E-state index >= 15 is 0 Å². The Morgan fingerprint density at radius 3 is 2.41 bits per heavy atom. The Labute approximate surface area is 139 Å². The summed E-state index contributed by atoms with van der Waals surface area (Å²) in [6.07, 6.45) is 5.71. The third-order valence-electron chi connectivity index (χ3n) is 4.39. The van der Waals surface area contributed by atoms with Crippen molar-refractivity contribution in [1.29, 1.82) is 0 Å². The Morgan fingerprint density at radius 2 is 1.86 bits per heavy atom. The maximum atomic E-state index is 12.4. The fourth-order valence-electron chi connectivity index (χ4n) is 3.01. The second-order valence-electron chi connectivity index (χ2n) is 6.04. The van der Waals surface area contributed by atoms with E-state index in [1.54, 1.807) is 12.0 Å². The summed E-state index contributed by atoms with van der Waals surface area (Å²) >= 11 is 0. The normalized spacial score (nSPS) is 16.0. The third-order valence-corrected chi connectivity index (χ3v) is 4.39. The zero-order valence-electron chi connectivity index (χ0n) is 13.5. The van der Waals surface area contributed by atoms with Gasteiger partial charge in [0.25, 0.3) is 0 Å². The molecule has 1 amide bonds. The first-order valence-corrected chi connectivity index (χ1v) is 7.72. The molecule has 0 atom stereocenters. The molecule has 1 aliphatic rings. The van der Waals surface area contributed by atoms with Gasteiger partial charge in [0.15, 0.2) is 0 Å². The topological polar surface area (TPSA) is 55.6 Å². The Kier molecular flexibility index (Phi) is 7.17. The van der Waals surface area contributed by atoms with Crippen molar-refractivity contribution < 1.29 is 9.53 Å². The molecule has 2 rings (SSSR count). The number of amides is 1. The van der Waals surface area contributed by atoms with Gasteiger partial charge in [-0.25, -0.2) is 0 Å². The van der Waals surface area contributed by atoms with Crippen LogP contribution in [0.25, 0.3) is 0 Å². The number of ether oxygens (including phenoxy) is 1. The number of benzene rings is 1. The molecule has 22 heavy (non-hydrogen) atoms.